The number of ether oxygens (including phenoxy) is 1. The van der Waals surface area contributed by atoms with E-state index in [0.29, 0.717) is 18.7 Å². The van der Waals surface area contributed by atoms with Crippen LogP contribution in [0.25, 0.3) is 0 Å². The molecule has 0 spiro atoms. The number of nitrogens with one attached hydrogen (secondary N) is 1. The summed E-state index contributed by atoms with van der Waals surface area (Å²) in [5.74, 6) is 0.625. The highest BCUT2D eigenvalue weighted by molar-refractivity contribution is 5.94. The van der Waals surface area contributed by atoms with E-state index < -0.39 is 0 Å². The molecule has 4 heteroatoms. The first-order valence-corrected chi connectivity index (χ1v) is 7.02. The van der Waals surface area contributed by atoms with E-state index in [1.54, 1.807) is 24.3 Å². The molecule has 2 aromatic rings. The first-order chi connectivity index (χ1) is 10.2. The van der Waals surface area contributed by atoms with E-state index in [-0.39, 0.29) is 11.9 Å². The zero-order valence-corrected chi connectivity index (χ0v) is 12.1. The molecule has 3 N–H and O–H groups in total. The smallest absolute Gasteiger partial charge is 0.251 e. The van der Waals surface area contributed by atoms with Crippen LogP contribution < -0.4 is 15.8 Å². The maximum absolute atomic E-state index is 12.0. The van der Waals surface area contributed by atoms with Gasteiger partial charge in [-0.05, 0) is 36.8 Å². The SMILES string of the molecule is CCOc1ccc(C(=O)NCC(N)c2ccccc2)cc1. The molecule has 0 aliphatic rings. The number of nitrogens with two attached hydrogens (primary N) is 1. The summed E-state index contributed by atoms with van der Waals surface area (Å²) in [7, 11) is 0. The van der Waals surface area contributed by atoms with Crippen LogP contribution in [-0.4, -0.2) is 19.1 Å². The van der Waals surface area contributed by atoms with Crippen molar-refractivity contribution in [2.75, 3.05) is 13.2 Å². The second kappa shape index (κ2) is 7.45. The molecule has 21 heavy (non-hydrogen) atoms. The fourth-order valence-electron chi connectivity index (χ4n) is 1.99. The van der Waals surface area contributed by atoms with E-state index in [9.17, 15) is 4.79 Å². The van der Waals surface area contributed by atoms with Crippen LogP contribution in [0.2, 0.25) is 0 Å². The minimum Gasteiger partial charge on any atom is -0.494 e. The molecule has 0 bridgehead atoms. The lowest BCUT2D eigenvalue weighted by Crippen LogP contribution is -2.31. The van der Waals surface area contributed by atoms with Crippen molar-refractivity contribution in [1.29, 1.82) is 0 Å². The van der Waals surface area contributed by atoms with Crippen molar-refractivity contribution in [1.82, 2.24) is 5.32 Å². The molecule has 110 valence electrons. The molecule has 0 aliphatic heterocycles. The van der Waals surface area contributed by atoms with E-state index in [1.165, 1.54) is 0 Å². The molecule has 0 aliphatic carbocycles. The predicted octanol–water partition coefficient (Wildman–Crippen LogP) is 2.52. The summed E-state index contributed by atoms with van der Waals surface area (Å²) in [6.07, 6.45) is 0. The minimum absolute atomic E-state index is 0.135. The number of carbonyl (C=O) groups excluding carboxylic acids is 1. The summed E-state index contributed by atoms with van der Waals surface area (Å²) >= 11 is 0. The Hall–Kier alpha value is -2.33. The molecular formula is C17H20N2O2. The summed E-state index contributed by atoms with van der Waals surface area (Å²) < 4.78 is 5.34. The second-order valence-corrected chi connectivity index (χ2v) is 4.68. The average molecular weight is 284 g/mol. The molecule has 1 unspecified atom stereocenters. The van der Waals surface area contributed by atoms with Gasteiger partial charge in [-0.3, -0.25) is 4.79 Å². The van der Waals surface area contributed by atoms with Gasteiger partial charge in [0.25, 0.3) is 5.91 Å². The van der Waals surface area contributed by atoms with Crippen molar-refractivity contribution < 1.29 is 9.53 Å². The van der Waals surface area contributed by atoms with E-state index in [1.807, 2.05) is 37.3 Å². The Balaban J connectivity index is 1.89. The van der Waals surface area contributed by atoms with Gasteiger partial charge in [0.1, 0.15) is 5.75 Å². The van der Waals surface area contributed by atoms with Crippen molar-refractivity contribution in [2.24, 2.45) is 5.73 Å². The van der Waals surface area contributed by atoms with Gasteiger partial charge in [0, 0.05) is 18.2 Å². The first kappa shape index (κ1) is 15.1. The van der Waals surface area contributed by atoms with Gasteiger partial charge in [0.15, 0.2) is 0 Å². The fourth-order valence-corrected chi connectivity index (χ4v) is 1.99. The summed E-state index contributed by atoms with van der Waals surface area (Å²) in [5.41, 5.74) is 7.65. The molecule has 0 radical (unpaired) electrons. The molecule has 0 saturated heterocycles. The van der Waals surface area contributed by atoms with Gasteiger partial charge < -0.3 is 15.8 Å². The first-order valence-electron chi connectivity index (χ1n) is 7.02. The second-order valence-electron chi connectivity index (χ2n) is 4.68. The number of carbonyl (C=O) groups is 1. The number of rotatable bonds is 6. The van der Waals surface area contributed by atoms with Crippen LogP contribution in [0.1, 0.15) is 28.9 Å². The van der Waals surface area contributed by atoms with Crippen molar-refractivity contribution >= 4 is 5.91 Å². The highest BCUT2D eigenvalue weighted by Crippen LogP contribution is 2.12. The Morgan fingerprint density at radius 1 is 1.14 bits per heavy atom. The molecule has 0 saturated carbocycles. The summed E-state index contributed by atoms with van der Waals surface area (Å²) in [6, 6.07) is 16.6. The molecule has 0 aromatic heterocycles. The number of hydrogen-bond donors (Lipinski definition) is 2. The van der Waals surface area contributed by atoms with Crippen LogP contribution in [0.15, 0.2) is 54.6 Å². The number of hydrogen-bond acceptors (Lipinski definition) is 3. The van der Waals surface area contributed by atoms with Gasteiger partial charge in [-0.1, -0.05) is 30.3 Å². The Morgan fingerprint density at radius 2 is 1.81 bits per heavy atom. The highest BCUT2D eigenvalue weighted by atomic mass is 16.5. The minimum atomic E-state index is -0.210. The average Bonchev–Trinajstić information content (AvgIpc) is 2.54. The molecule has 1 atom stereocenters. The van der Waals surface area contributed by atoms with Gasteiger partial charge in [0.2, 0.25) is 0 Å². The molecule has 0 heterocycles. The standard InChI is InChI=1S/C17H20N2O2/c1-2-21-15-10-8-14(9-11-15)17(20)19-12-16(18)13-6-4-3-5-7-13/h3-11,16H,2,12,18H2,1H3,(H,19,20). The Kier molecular flexibility index (Phi) is 5.35. The predicted molar refractivity (Wildman–Crippen MR) is 83.3 cm³/mol. The van der Waals surface area contributed by atoms with Crippen LogP contribution in [0.4, 0.5) is 0 Å². The number of benzene rings is 2. The molecule has 4 nitrogen and oxygen atoms in total. The van der Waals surface area contributed by atoms with E-state index in [2.05, 4.69) is 5.32 Å². The molecule has 2 aromatic carbocycles. The van der Waals surface area contributed by atoms with Crippen LogP contribution in [0, 0.1) is 0 Å². The Bertz CT molecular complexity index is 567. The third kappa shape index (κ3) is 4.33. The zero-order chi connectivity index (χ0) is 15.1. The third-order valence-electron chi connectivity index (χ3n) is 3.14. The van der Waals surface area contributed by atoms with Crippen molar-refractivity contribution in [3.05, 3.63) is 65.7 Å². The molecule has 0 fully saturated rings. The number of amides is 1. The summed E-state index contributed by atoms with van der Waals surface area (Å²) in [6.45, 7) is 2.93. The Labute approximate surface area is 124 Å². The zero-order valence-electron chi connectivity index (χ0n) is 12.1. The van der Waals surface area contributed by atoms with Crippen molar-refractivity contribution in [3.8, 4) is 5.75 Å². The van der Waals surface area contributed by atoms with Crippen molar-refractivity contribution in [3.63, 3.8) is 0 Å². The van der Waals surface area contributed by atoms with Crippen molar-refractivity contribution in [2.45, 2.75) is 13.0 Å². The third-order valence-corrected chi connectivity index (χ3v) is 3.14. The molecule has 1 amide bonds. The lowest BCUT2D eigenvalue weighted by Gasteiger charge is -2.13. The van der Waals surface area contributed by atoms with Gasteiger partial charge in [-0.15, -0.1) is 0 Å². The van der Waals surface area contributed by atoms with Crippen LogP contribution >= 0.6 is 0 Å². The quantitative estimate of drug-likeness (QED) is 0.856. The summed E-state index contributed by atoms with van der Waals surface area (Å²) in [5, 5.41) is 2.84. The molecular weight excluding hydrogens is 264 g/mol. The Morgan fingerprint density at radius 3 is 2.43 bits per heavy atom. The largest absolute Gasteiger partial charge is 0.494 e. The van der Waals surface area contributed by atoms with Gasteiger partial charge >= 0.3 is 0 Å². The van der Waals surface area contributed by atoms with Gasteiger partial charge in [-0.25, -0.2) is 0 Å². The molecule has 2 rings (SSSR count). The summed E-state index contributed by atoms with van der Waals surface area (Å²) in [4.78, 5) is 12.0. The van der Waals surface area contributed by atoms with Crippen LogP contribution in [0.3, 0.4) is 0 Å². The van der Waals surface area contributed by atoms with Gasteiger partial charge in [0.05, 0.1) is 6.61 Å². The van der Waals surface area contributed by atoms with E-state index in [4.69, 9.17) is 10.5 Å². The van der Waals surface area contributed by atoms with E-state index >= 15 is 0 Å². The normalized spacial score (nSPS) is 11.7. The van der Waals surface area contributed by atoms with Crippen LogP contribution in [-0.2, 0) is 0 Å². The van der Waals surface area contributed by atoms with Crippen LogP contribution in [0.5, 0.6) is 5.75 Å². The topological polar surface area (TPSA) is 64.3 Å². The fraction of sp³-hybridized carbons (Fsp3) is 0.235. The lowest BCUT2D eigenvalue weighted by molar-refractivity contribution is 0.0951. The van der Waals surface area contributed by atoms with Gasteiger partial charge in [-0.2, -0.15) is 0 Å². The van der Waals surface area contributed by atoms with E-state index in [0.717, 1.165) is 11.3 Å². The lowest BCUT2D eigenvalue weighted by atomic mass is 10.1. The monoisotopic (exact) mass is 284 g/mol. The maximum atomic E-state index is 12.0. The maximum Gasteiger partial charge on any atom is 0.251 e. The highest BCUT2D eigenvalue weighted by Gasteiger charge is 2.09.